The molecule has 4 heteroatoms. The number of thiophene rings is 1. The van der Waals surface area contributed by atoms with E-state index >= 15 is 0 Å². The molecule has 0 fully saturated rings. The topological polar surface area (TPSA) is 50.4 Å². The Balaban J connectivity index is 1.97. The van der Waals surface area contributed by atoms with Gasteiger partial charge < -0.3 is 11.1 Å². The zero-order valence-corrected chi connectivity index (χ0v) is 12.1. The second kappa shape index (κ2) is 6.38. The van der Waals surface area contributed by atoms with Crippen molar-refractivity contribution in [3.8, 4) is 0 Å². The number of anilines is 1. The van der Waals surface area contributed by atoms with E-state index in [0.29, 0.717) is 12.5 Å². The van der Waals surface area contributed by atoms with Crippen LogP contribution in [-0.2, 0) is 13.0 Å². The normalized spacial score (nSPS) is 11.6. The van der Waals surface area contributed by atoms with E-state index in [1.54, 1.807) is 11.3 Å². The minimum absolute atomic E-state index is 0.458. The fourth-order valence-electron chi connectivity index (χ4n) is 1.79. The maximum absolute atomic E-state index is 5.90. The molecule has 1 aromatic carbocycles. The van der Waals surface area contributed by atoms with Gasteiger partial charge in [-0.05, 0) is 48.1 Å². The fraction of sp³-hybridized carbons (Fsp3) is 0.267. The number of benzene rings is 1. The molecule has 0 radical (unpaired) electrons. The van der Waals surface area contributed by atoms with E-state index in [1.807, 2.05) is 12.1 Å². The highest BCUT2D eigenvalue weighted by atomic mass is 32.1. The molecule has 0 unspecified atom stereocenters. The smallest absolute Gasteiger partial charge is 0.193 e. The van der Waals surface area contributed by atoms with Gasteiger partial charge in [0.25, 0.3) is 0 Å². The predicted molar refractivity (Wildman–Crippen MR) is 83.8 cm³/mol. The summed E-state index contributed by atoms with van der Waals surface area (Å²) in [6.07, 6.45) is 1.01. The lowest BCUT2D eigenvalue weighted by Gasteiger charge is -2.06. The zero-order chi connectivity index (χ0) is 13.7. The second-order valence-corrected chi connectivity index (χ2v) is 5.47. The van der Waals surface area contributed by atoms with Crippen LogP contribution in [-0.4, -0.2) is 5.96 Å². The lowest BCUT2D eigenvalue weighted by Crippen LogP contribution is -2.22. The van der Waals surface area contributed by atoms with Gasteiger partial charge in [0, 0.05) is 10.6 Å². The van der Waals surface area contributed by atoms with E-state index in [1.165, 1.54) is 16.0 Å². The number of nitrogens with two attached hydrogens (primary N) is 1. The number of hydrogen-bond donors (Lipinski definition) is 2. The van der Waals surface area contributed by atoms with Crippen LogP contribution < -0.4 is 11.1 Å². The van der Waals surface area contributed by atoms with Crippen molar-refractivity contribution < 1.29 is 0 Å². The Kier molecular flexibility index (Phi) is 4.58. The van der Waals surface area contributed by atoms with Crippen molar-refractivity contribution in [1.29, 1.82) is 0 Å². The van der Waals surface area contributed by atoms with Crippen LogP contribution in [0.5, 0.6) is 0 Å². The molecule has 100 valence electrons. The monoisotopic (exact) mass is 273 g/mol. The number of nitrogens with zero attached hydrogens (tertiary/aromatic N) is 1. The molecule has 1 heterocycles. The molecule has 2 aromatic rings. The van der Waals surface area contributed by atoms with Gasteiger partial charge in [-0.2, -0.15) is 0 Å². The molecule has 1 aromatic heterocycles. The first-order chi connectivity index (χ1) is 9.17. The number of nitrogens with one attached hydrogen (secondary N) is 1. The van der Waals surface area contributed by atoms with Gasteiger partial charge in [-0.15, -0.1) is 11.3 Å². The van der Waals surface area contributed by atoms with Gasteiger partial charge in [-0.1, -0.05) is 19.1 Å². The van der Waals surface area contributed by atoms with Crippen molar-refractivity contribution in [1.82, 2.24) is 0 Å². The lowest BCUT2D eigenvalue weighted by molar-refractivity contribution is 1.09. The first-order valence-corrected chi connectivity index (χ1v) is 7.25. The van der Waals surface area contributed by atoms with Crippen molar-refractivity contribution >= 4 is 23.0 Å². The molecule has 0 aliphatic heterocycles. The number of aryl methyl sites for hydroxylation is 2. The van der Waals surface area contributed by atoms with Crippen molar-refractivity contribution in [3.05, 3.63) is 51.7 Å². The summed E-state index contributed by atoms with van der Waals surface area (Å²) in [4.78, 5) is 5.58. The van der Waals surface area contributed by atoms with Crippen molar-refractivity contribution in [2.45, 2.75) is 26.8 Å². The second-order valence-electron chi connectivity index (χ2n) is 4.47. The molecule has 3 N–H and O–H groups in total. The minimum Gasteiger partial charge on any atom is -0.370 e. The van der Waals surface area contributed by atoms with E-state index in [2.05, 4.69) is 47.7 Å². The molecular weight excluding hydrogens is 254 g/mol. The molecule has 3 nitrogen and oxygen atoms in total. The van der Waals surface area contributed by atoms with Gasteiger partial charge in [-0.25, -0.2) is 4.99 Å². The highest BCUT2D eigenvalue weighted by Crippen LogP contribution is 2.15. The van der Waals surface area contributed by atoms with Crippen LogP contribution >= 0.6 is 11.3 Å². The van der Waals surface area contributed by atoms with Crippen molar-refractivity contribution in [2.75, 3.05) is 5.32 Å². The molecule has 0 spiro atoms. The van der Waals surface area contributed by atoms with E-state index < -0.39 is 0 Å². The molecule has 0 bridgehead atoms. The number of rotatable bonds is 4. The Bertz CT molecular complexity index is 572. The largest absolute Gasteiger partial charge is 0.370 e. The third-order valence-electron chi connectivity index (χ3n) is 2.80. The summed E-state index contributed by atoms with van der Waals surface area (Å²) in [6, 6.07) is 10.4. The number of hydrogen-bond acceptors (Lipinski definition) is 2. The van der Waals surface area contributed by atoms with Gasteiger partial charge in [-0.3, -0.25) is 0 Å². The van der Waals surface area contributed by atoms with Crippen molar-refractivity contribution in [2.24, 2.45) is 10.7 Å². The van der Waals surface area contributed by atoms with Gasteiger partial charge in [0.15, 0.2) is 5.96 Å². The molecule has 0 atom stereocenters. The number of guanidine groups is 1. The summed E-state index contributed by atoms with van der Waals surface area (Å²) in [5, 5.41) is 5.25. The first-order valence-electron chi connectivity index (χ1n) is 6.37. The van der Waals surface area contributed by atoms with Crippen LogP contribution in [0.2, 0.25) is 0 Å². The van der Waals surface area contributed by atoms with E-state index in [4.69, 9.17) is 5.73 Å². The quantitative estimate of drug-likeness (QED) is 0.661. The summed E-state index contributed by atoms with van der Waals surface area (Å²) >= 11 is 1.71. The van der Waals surface area contributed by atoms with Gasteiger partial charge >= 0.3 is 0 Å². The Labute approximate surface area is 118 Å². The molecule has 19 heavy (non-hydrogen) atoms. The first kappa shape index (κ1) is 13.6. The van der Waals surface area contributed by atoms with Crippen LogP contribution in [0.4, 0.5) is 5.69 Å². The molecule has 0 saturated heterocycles. The van der Waals surface area contributed by atoms with E-state index in [9.17, 15) is 0 Å². The Hall–Kier alpha value is -1.81. The van der Waals surface area contributed by atoms with Gasteiger partial charge in [0.2, 0.25) is 0 Å². The fourth-order valence-corrected chi connectivity index (χ4v) is 2.59. The maximum Gasteiger partial charge on any atom is 0.193 e. The number of aliphatic imine (C=N–C) groups is 1. The standard InChI is InChI=1S/C15H19N3S/c1-3-12-5-4-6-13(8-12)18-15(16)17-9-14-7-11(2)10-19-14/h4-8,10H,3,9H2,1-2H3,(H3,16,17,18). The average molecular weight is 273 g/mol. The maximum atomic E-state index is 5.90. The Morgan fingerprint density at radius 1 is 1.37 bits per heavy atom. The Morgan fingerprint density at radius 2 is 2.21 bits per heavy atom. The van der Waals surface area contributed by atoms with Crippen LogP contribution in [0.15, 0.2) is 40.7 Å². The zero-order valence-electron chi connectivity index (χ0n) is 11.3. The van der Waals surface area contributed by atoms with E-state index in [0.717, 1.165) is 12.1 Å². The van der Waals surface area contributed by atoms with E-state index in [-0.39, 0.29) is 0 Å². The van der Waals surface area contributed by atoms with Crippen LogP contribution in [0.3, 0.4) is 0 Å². The summed E-state index contributed by atoms with van der Waals surface area (Å²) < 4.78 is 0. The highest BCUT2D eigenvalue weighted by molar-refractivity contribution is 7.10. The van der Waals surface area contributed by atoms with Gasteiger partial charge in [0.05, 0.1) is 6.54 Å². The SMILES string of the molecule is CCc1cccc(NC(N)=NCc2cc(C)cs2)c1. The van der Waals surface area contributed by atoms with Crippen LogP contribution in [0, 0.1) is 6.92 Å². The summed E-state index contributed by atoms with van der Waals surface area (Å²) in [5.41, 5.74) is 9.44. The predicted octanol–water partition coefficient (Wildman–Crippen LogP) is 3.55. The molecule has 0 saturated carbocycles. The van der Waals surface area contributed by atoms with Crippen molar-refractivity contribution in [3.63, 3.8) is 0 Å². The third-order valence-corrected chi connectivity index (χ3v) is 3.84. The van der Waals surface area contributed by atoms with Crippen LogP contribution in [0.25, 0.3) is 0 Å². The average Bonchev–Trinajstić information content (AvgIpc) is 2.82. The summed E-state index contributed by atoms with van der Waals surface area (Å²) in [5.74, 6) is 0.458. The molecule has 0 aliphatic carbocycles. The Morgan fingerprint density at radius 3 is 2.89 bits per heavy atom. The molecule has 2 rings (SSSR count). The summed E-state index contributed by atoms with van der Waals surface area (Å²) in [7, 11) is 0. The molecule has 0 amide bonds. The molecule has 0 aliphatic rings. The van der Waals surface area contributed by atoms with Crippen LogP contribution in [0.1, 0.15) is 22.9 Å². The molecular formula is C15H19N3S. The lowest BCUT2D eigenvalue weighted by atomic mass is 10.1. The summed E-state index contributed by atoms with van der Waals surface area (Å²) in [6.45, 7) is 4.85. The highest BCUT2D eigenvalue weighted by Gasteiger charge is 1.98. The minimum atomic E-state index is 0.458. The third kappa shape index (κ3) is 4.10. The van der Waals surface area contributed by atoms with Gasteiger partial charge in [0.1, 0.15) is 0 Å².